The molecule has 1 aliphatic carbocycles. The van der Waals surface area contributed by atoms with E-state index in [0.717, 1.165) is 23.2 Å². The lowest BCUT2D eigenvalue weighted by Gasteiger charge is -2.38. The lowest BCUT2D eigenvalue weighted by Crippen LogP contribution is -2.48. The van der Waals surface area contributed by atoms with Crippen LogP contribution < -0.4 is 4.90 Å². The largest absolute Gasteiger partial charge is 0.416 e. The van der Waals surface area contributed by atoms with Crippen LogP contribution in [0.25, 0.3) is 0 Å². The van der Waals surface area contributed by atoms with Crippen LogP contribution in [-0.4, -0.2) is 70.0 Å². The lowest BCUT2D eigenvalue weighted by atomic mass is 9.85. The first-order chi connectivity index (χ1) is 13.1. The number of hydrogen-bond acceptors (Lipinski definition) is 6. The Morgan fingerprint density at radius 1 is 1.39 bits per heavy atom. The fourth-order valence-electron chi connectivity index (χ4n) is 3.56. The van der Waals surface area contributed by atoms with Gasteiger partial charge in [-0.05, 0) is 30.9 Å². The molecule has 0 bridgehead atoms. The monoisotopic (exact) mass is 421 g/mol. The molecule has 7 nitrogen and oxygen atoms in total. The van der Waals surface area contributed by atoms with Crippen LogP contribution in [0.5, 0.6) is 0 Å². The predicted octanol–water partition coefficient (Wildman–Crippen LogP) is 1.75. The highest BCUT2D eigenvalue weighted by Gasteiger charge is 2.43. The number of nitrogens with zero attached hydrogens (tertiary/aromatic N) is 3. The zero-order valence-corrected chi connectivity index (χ0v) is 16.0. The van der Waals surface area contributed by atoms with Crippen LogP contribution in [-0.2, 0) is 10.9 Å². The van der Waals surface area contributed by atoms with Crippen LogP contribution >= 0.6 is 12.6 Å². The van der Waals surface area contributed by atoms with E-state index in [4.69, 9.17) is 4.74 Å². The minimum absolute atomic E-state index is 0.119. The molecular formula is C17H22F3N3O4S. The van der Waals surface area contributed by atoms with Crippen LogP contribution in [0.4, 0.5) is 23.8 Å². The fourth-order valence-corrected chi connectivity index (χ4v) is 3.87. The van der Waals surface area contributed by atoms with Crippen molar-refractivity contribution in [1.82, 2.24) is 9.88 Å². The molecule has 1 aromatic rings. The van der Waals surface area contributed by atoms with E-state index in [1.54, 1.807) is 0 Å². The summed E-state index contributed by atoms with van der Waals surface area (Å²) in [5.41, 5.74) is -0.917. The number of likely N-dealkylation sites (N-methyl/N-ethyl adjacent to an activating group) is 1. The number of thiol groups is 1. The second-order valence-corrected chi connectivity index (χ2v) is 7.74. The SMILES string of the molecule is CN1CC(OC2CC(CO)CC(O)C2S)N(c2cc(C(F)(F)F)ccn2)C1=O. The molecule has 1 aliphatic heterocycles. The summed E-state index contributed by atoms with van der Waals surface area (Å²) in [7, 11) is 1.51. The minimum Gasteiger partial charge on any atom is -0.396 e. The number of urea groups is 1. The van der Waals surface area contributed by atoms with Gasteiger partial charge in [0.05, 0.1) is 29.6 Å². The van der Waals surface area contributed by atoms with E-state index in [2.05, 4.69) is 17.6 Å². The molecule has 2 fully saturated rings. The first-order valence-electron chi connectivity index (χ1n) is 8.81. The standard InChI is InChI=1S/C17H22F3N3O4S/c1-22-7-14(27-12-5-9(8-24)4-11(25)15(12)28)23(16(22)26)13-6-10(2-3-21-13)17(18,19)20/h2-3,6,9,11-12,14-15,24-25,28H,4-5,7-8H2,1H3. The van der Waals surface area contributed by atoms with Crippen molar-refractivity contribution in [3.8, 4) is 0 Å². The molecule has 28 heavy (non-hydrogen) atoms. The molecule has 0 radical (unpaired) electrons. The summed E-state index contributed by atoms with van der Waals surface area (Å²) >= 11 is 4.38. The van der Waals surface area contributed by atoms with Crippen LogP contribution in [0.3, 0.4) is 0 Å². The van der Waals surface area contributed by atoms with Gasteiger partial charge in [-0.3, -0.25) is 0 Å². The average Bonchev–Trinajstić information content (AvgIpc) is 2.91. The Hall–Kier alpha value is -1.56. The molecule has 0 aromatic carbocycles. The molecular weight excluding hydrogens is 399 g/mol. The Morgan fingerprint density at radius 2 is 2.11 bits per heavy atom. The number of aliphatic hydroxyl groups excluding tert-OH is 2. The molecule has 5 unspecified atom stereocenters. The molecule has 1 saturated carbocycles. The zero-order valence-electron chi connectivity index (χ0n) is 15.1. The van der Waals surface area contributed by atoms with Gasteiger partial charge in [0.1, 0.15) is 5.82 Å². The van der Waals surface area contributed by atoms with Crippen LogP contribution in [0, 0.1) is 5.92 Å². The Labute approximate surface area is 165 Å². The lowest BCUT2D eigenvalue weighted by molar-refractivity contribution is -0.137. The molecule has 1 saturated heterocycles. The van der Waals surface area contributed by atoms with E-state index in [0.29, 0.717) is 12.8 Å². The molecule has 1 aromatic heterocycles. The van der Waals surface area contributed by atoms with Crippen molar-refractivity contribution < 1.29 is 32.9 Å². The van der Waals surface area contributed by atoms with Gasteiger partial charge in [-0.25, -0.2) is 14.7 Å². The zero-order chi connectivity index (χ0) is 20.6. The van der Waals surface area contributed by atoms with Gasteiger partial charge in [0.2, 0.25) is 0 Å². The molecule has 0 spiro atoms. The van der Waals surface area contributed by atoms with Crippen LogP contribution in [0.2, 0.25) is 0 Å². The topological polar surface area (TPSA) is 86.1 Å². The summed E-state index contributed by atoms with van der Waals surface area (Å²) in [4.78, 5) is 18.8. The minimum atomic E-state index is -4.57. The quantitative estimate of drug-likeness (QED) is 0.645. The second-order valence-electron chi connectivity index (χ2n) is 7.14. The fraction of sp³-hybridized carbons (Fsp3) is 0.647. The third-order valence-corrected chi connectivity index (χ3v) is 5.75. The maximum absolute atomic E-state index is 13.0. The van der Waals surface area contributed by atoms with Gasteiger partial charge < -0.3 is 19.8 Å². The summed E-state index contributed by atoms with van der Waals surface area (Å²) in [5.74, 6) is -0.349. The molecule has 11 heteroatoms. The predicted molar refractivity (Wildman–Crippen MR) is 97.0 cm³/mol. The molecule has 2 heterocycles. The van der Waals surface area contributed by atoms with Gasteiger partial charge >= 0.3 is 12.2 Å². The summed E-state index contributed by atoms with van der Waals surface area (Å²) in [6.45, 7) is -0.00649. The Balaban J connectivity index is 1.85. The number of ether oxygens (including phenoxy) is 1. The summed E-state index contributed by atoms with van der Waals surface area (Å²) in [6.07, 6.45) is -5.05. The van der Waals surface area contributed by atoms with Crippen molar-refractivity contribution in [1.29, 1.82) is 0 Å². The number of alkyl halides is 3. The molecule has 2 N–H and O–H groups in total. The van der Waals surface area contributed by atoms with Gasteiger partial charge in [0.25, 0.3) is 0 Å². The Kier molecular flexibility index (Phi) is 6.08. The number of carbonyl (C=O) groups is 1. The molecule has 156 valence electrons. The third kappa shape index (κ3) is 4.22. The molecule has 3 rings (SSSR count). The maximum Gasteiger partial charge on any atom is 0.416 e. The van der Waals surface area contributed by atoms with Gasteiger partial charge in [0.15, 0.2) is 6.23 Å². The first-order valence-corrected chi connectivity index (χ1v) is 9.33. The van der Waals surface area contributed by atoms with E-state index in [-0.39, 0.29) is 24.9 Å². The number of hydrogen-bond donors (Lipinski definition) is 3. The number of pyridine rings is 1. The number of amides is 2. The summed E-state index contributed by atoms with van der Waals surface area (Å²) in [5, 5.41) is 19.0. The van der Waals surface area contributed by atoms with E-state index in [9.17, 15) is 28.2 Å². The van der Waals surface area contributed by atoms with E-state index >= 15 is 0 Å². The maximum atomic E-state index is 13.0. The highest BCUT2D eigenvalue weighted by atomic mass is 32.1. The Bertz CT molecular complexity index is 723. The number of anilines is 1. The number of carbonyl (C=O) groups excluding carboxylic acids is 1. The van der Waals surface area contributed by atoms with Crippen molar-refractivity contribution in [2.75, 3.05) is 25.1 Å². The Morgan fingerprint density at radius 3 is 2.75 bits per heavy atom. The van der Waals surface area contributed by atoms with Crippen molar-refractivity contribution in [2.24, 2.45) is 5.92 Å². The van der Waals surface area contributed by atoms with Crippen LogP contribution in [0.1, 0.15) is 18.4 Å². The number of rotatable bonds is 4. The molecule has 5 atom stereocenters. The highest BCUT2D eigenvalue weighted by Crippen LogP contribution is 2.35. The normalized spacial score (nSPS) is 31.5. The third-order valence-electron chi connectivity index (χ3n) is 5.08. The van der Waals surface area contributed by atoms with E-state index in [1.165, 1.54) is 11.9 Å². The van der Waals surface area contributed by atoms with Gasteiger partial charge in [0, 0.05) is 19.9 Å². The van der Waals surface area contributed by atoms with Crippen molar-refractivity contribution in [2.45, 2.75) is 42.7 Å². The number of aromatic nitrogens is 1. The highest BCUT2D eigenvalue weighted by molar-refractivity contribution is 7.81. The van der Waals surface area contributed by atoms with Crippen molar-refractivity contribution in [3.63, 3.8) is 0 Å². The summed E-state index contributed by atoms with van der Waals surface area (Å²) < 4.78 is 45.1. The summed E-state index contributed by atoms with van der Waals surface area (Å²) in [6, 6.07) is 1.09. The van der Waals surface area contributed by atoms with Gasteiger partial charge in [-0.15, -0.1) is 0 Å². The van der Waals surface area contributed by atoms with Crippen LogP contribution in [0.15, 0.2) is 18.3 Å². The van der Waals surface area contributed by atoms with Gasteiger partial charge in [-0.2, -0.15) is 25.8 Å². The second kappa shape index (κ2) is 8.05. The average molecular weight is 421 g/mol. The van der Waals surface area contributed by atoms with Gasteiger partial charge in [-0.1, -0.05) is 0 Å². The number of aliphatic hydroxyl groups is 2. The van der Waals surface area contributed by atoms with E-state index < -0.39 is 41.5 Å². The number of halogens is 3. The first kappa shape index (κ1) is 21.2. The van der Waals surface area contributed by atoms with E-state index in [1.807, 2.05) is 0 Å². The smallest absolute Gasteiger partial charge is 0.396 e. The molecule has 2 aliphatic rings. The molecule has 2 amide bonds. The van der Waals surface area contributed by atoms with Crippen molar-refractivity contribution in [3.05, 3.63) is 23.9 Å². The van der Waals surface area contributed by atoms with Crippen molar-refractivity contribution >= 4 is 24.5 Å².